The number of ether oxygens (including phenoxy) is 1. The van der Waals surface area contributed by atoms with Gasteiger partial charge >= 0.3 is 0 Å². The minimum Gasteiger partial charge on any atom is -0.360 e. The number of halogens is 1. The molecule has 0 spiro atoms. The Morgan fingerprint density at radius 1 is 1.03 bits per heavy atom. The number of thiazole rings is 1. The molecule has 39 heavy (non-hydrogen) atoms. The molecule has 6 rings (SSSR count). The summed E-state index contributed by atoms with van der Waals surface area (Å²) in [5.74, 6) is 1.03. The van der Waals surface area contributed by atoms with E-state index in [4.69, 9.17) is 26.3 Å². The van der Waals surface area contributed by atoms with Crippen molar-refractivity contribution in [3.63, 3.8) is 0 Å². The van der Waals surface area contributed by atoms with Crippen molar-refractivity contribution in [2.24, 2.45) is 0 Å². The van der Waals surface area contributed by atoms with Gasteiger partial charge in [0.1, 0.15) is 16.9 Å². The number of hydrogen-bond acceptors (Lipinski definition) is 5. The number of hydrogen-bond donors (Lipinski definition) is 0. The maximum atomic E-state index is 13.0. The van der Waals surface area contributed by atoms with Crippen LogP contribution in [0.3, 0.4) is 0 Å². The number of aromatic nitrogens is 3. The van der Waals surface area contributed by atoms with E-state index in [0.29, 0.717) is 11.1 Å². The summed E-state index contributed by atoms with van der Waals surface area (Å²) in [5, 5.41) is 1.59. The van der Waals surface area contributed by atoms with E-state index in [0.717, 1.165) is 54.4 Å². The van der Waals surface area contributed by atoms with E-state index in [1.165, 1.54) is 18.4 Å². The molecule has 1 aliphatic carbocycles. The van der Waals surface area contributed by atoms with Crippen molar-refractivity contribution in [2.75, 3.05) is 0 Å². The predicted molar refractivity (Wildman–Crippen MR) is 161 cm³/mol. The standard InChI is InChI=1S/C32H32ClN3O2S/c1-17-15-25-30(28(20-7-10-22(33)11-8-20)27(17)29(18(2)37)38-32(4,5)6)39-31(35-25)21-9-14-26-24(16-21)34-19(3)36(26)23-12-13-23/h7-11,14-16,23,29H,12-13H2,1-6H3/t29-/m1/s1. The lowest BCUT2D eigenvalue weighted by molar-refractivity contribution is -0.138. The van der Waals surface area contributed by atoms with Gasteiger partial charge in [-0.15, -0.1) is 11.3 Å². The van der Waals surface area contributed by atoms with E-state index in [1.807, 2.05) is 52.0 Å². The quantitative estimate of drug-likeness (QED) is 0.209. The van der Waals surface area contributed by atoms with Crippen LogP contribution in [0.4, 0.5) is 0 Å². The normalized spacial score (nSPS) is 14.8. The molecule has 2 aromatic heterocycles. The van der Waals surface area contributed by atoms with E-state index < -0.39 is 11.7 Å². The topological polar surface area (TPSA) is 57.0 Å². The number of aryl methyl sites for hydroxylation is 2. The van der Waals surface area contributed by atoms with Gasteiger partial charge in [-0.05, 0) is 102 Å². The van der Waals surface area contributed by atoms with Crippen LogP contribution in [0.2, 0.25) is 5.02 Å². The number of Topliss-reactive ketones (excluding diaryl/α,β-unsaturated/α-hetero) is 1. The van der Waals surface area contributed by atoms with Crippen LogP contribution in [0.1, 0.15) is 69.6 Å². The Bertz CT molecular complexity index is 1740. The molecule has 1 saturated carbocycles. The second kappa shape index (κ2) is 9.54. The van der Waals surface area contributed by atoms with Crippen molar-refractivity contribution in [3.05, 3.63) is 70.5 Å². The number of ketones is 1. The highest BCUT2D eigenvalue weighted by Crippen LogP contribution is 2.45. The van der Waals surface area contributed by atoms with Gasteiger partial charge in [0, 0.05) is 27.8 Å². The second-order valence-corrected chi connectivity index (χ2v) is 13.0. The summed E-state index contributed by atoms with van der Waals surface area (Å²) in [6, 6.07) is 16.9. The smallest absolute Gasteiger partial charge is 0.163 e. The molecule has 1 aliphatic rings. The zero-order chi connectivity index (χ0) is 27.6. The van der Waals surface area contributed by atoms with Gasteiger partial charge in [0.2, 0.25) is 0 Å². The zero-order valence-corrected chi connectivity index (χ0v) is 24.7. The molecule has 2 heterocycles. The third-order valence-corrected chi connectivity index (χ3v) is 8.58. The molecule has 0 aliphatic heterocycles. The van der Waals surface area contributed by atoms with Crippen LogP contribution < -0.4 is 0 Å². The third-order valence-electron chi connectivity index (χ3n) is 7.19. The van der Waals surface area contributed by atoms with Gasteiger partial charge in [-0.1, -0.05) is 23.7 Å². The van der Waals surface area contributed by atoms with E-state index in [2.05, 4.69) is 35.8 Å². The van der Waals surface area contributed by atoms with Crippen molar-refractivity contribution >= 4 is 50.0 Å². The number of benzene rings is 3. The summed E-state index contributed by atoms with van der Waals surface area (Å²) >= 11 is 7.90. The molecule has 200 valence electrons. The highest BCUT2D eigenvalue weighted by molar-refractivity contribution is 7.22. The van der Waals surface area contributed by atoms with Crippen LogP contribution in [0.25, 0.3) is 42.9 Å². The Kier molecular flexibility index (Phi) is 6.41. The largest absolute Gasteiger partial charge is 0.360 e. The summed E-state index contributed by atoms with van der Waals surface area (Å²) in [4.78, 5) is 23.0. The van der Waals surface area contributed by atoms with E-state index >= 15 is 0 Å². The number of rotatable bonds is 6. The highest BCUT2D eigenvalue weighted by Gasteiger charge is 2.31. The molecule has 0 amide bonds. The molecule has 0 unspecified atom stereocenters. The van der Waals surface area contributed by atoms with E-state index in [9.17, 15) is 4.79 Å². The zero-order valence-electron chi connectivity index (χ0n) is 23.1. The van der Waals surface area contributed by atoms with Crippen LogP contribution in [0.5, 0.6) is 0 Å². The van der Waals surface area contributed by atoms with Gasteiger partial charge in [-0.3, -0.25) is 4.79 Å². The molecule has 7 heteroatoms. The first-order valence-corrected chi connectivity index (χ1v) is 14.6. The summed E-state index contributed by atoms with van der Waals surface area (Å²) in [7, 11) is 0. The van der Waals surface area contributed by atoms with E-state index in [-0.39, 0.29) is 5.78 Å². The number of carbonyl (C=O) groups is 1. The Hall–Kier alpha value is -3.06. The van der Waals surface area contributed by atoms with Gasteiger partial charge in [-0.2, -0.15) is 0 Å². The maximum Gasteiger partial charge on any atom is 0.163 e. The lowest BCUT2D eigenvalue weighted by Crippen LogP contribution is -2.27. The van der Waals surface area contributed by atoms with Gasteiger partial charge < -0.3 is 9.30 Å². The molecule has 1 atom stereocenters. The van der Waals surface area contributed by atoms with Crippen LogP contribution in [-0.4, -0.2) is 25.9 Å². The van der Waals surface area contributed by atoms with Gasteiger partial charge in [0.15, 0.2) is 5.78 Å². The fourth-order valence-corrected chi connectivity index (χ4v) is 6.67. The predicted octanol–water partition coefficient (Wildman–Crippen LogP) is 9.03. The average molecular weight is 558 g/mol. The molecule has 3 aromatic carbocycles. The first-order chi connectivity index (χ1) is 18.5. The van der Waals surface area contributed by atoms with Crippen molar-refractivity contribution in [2.45, 2.75) is 72.1 Å². The Labute approximate surface area is 237 Å². The maximum absolute atomic E-state index is 13.0. The van der Waals surface area contributed by atoms with Crippen molar-refractivity contribution in [3.8, 4) is 21.7 Å². The van der Waals surface area contributed by atoms with Gasteiger partial charge in [-0.25, -0.2) is 9.97 Å². The molecule has 5 aromatic rings. The summed E-state index contributed by atoms with van der Waals surface area (Å²) in [6.45, 7) is 11.7. The molecule has 0 saturated heterocycles. The summed E-state index contributed by atoms with van der Waals surface area (Å²) < 4.78 is 9.76. The number of carbonyl (C=O) groups excluding carboxylic acids is 1. The number of imidazole rings is 1. The lowest BCUT2D eigenvalue weighted by atomic mass is 9.90. The summed E-state index contributed by atoms with van der Waals surface area (Å²) in [5.41, 5.74) is 7.45. The van der Waals surface area contributed by atoms with Crippen molar-refractivity contribution in [1.82, 2.24) is 14.5 Å². The average Bonchev–Trinajstić information content (AvgIpc) is 3.51. The summed E-state index contributed by atoms with van der Waals surface area (Å²) in [6.07, 6.45) is 1.75. The molecule has 0 radical (unpaired) electrons. The number of fused-ring (bicyclic) bond motifs is 2. The van der Waals surface area contributed by atoms with Crippen molar-refractivity contribution < 1.29 is 9.53 Å². The van der Waals surface area contributed by atoms with Crippen LogP contribution in [0, 0.1) is 13.8 Å². The van der Waals surface area contributed by atoms with Crippen LogP contribution in [-0.2, 0) is 9.53 Å². The molecule has 0 bridgehead atoms. The molecule has 1 fully saturated rings. The molecular formula is C32H32ClN3O2S. The monoisotopic (exact) mass is 557 g/mol. The number of nitrogens with zero attached hydrogens (tertiary/aromatic N) is 3. The van der Waals surface area contributed by atoms with Gasteiger partial charge in [0.25, 0.3) is 0 Å². The fraction of sp³-hybridized carbons (Fsp3) is 0.344. The first-order valence-electron chi connectivity index (χ1n) is 13.4. The Balaban J connectivity index is 1.56. The molecule has 0 N–H and O–H groups in total. The van der Waals surface area contributed by atoms with Crippen LogP contribution >= 0.6 is 22.9 Å². The third kappa shape index (κ3) is 4.90. The fourth-order valence-electron chi connectivity index (χ4n) is 5.42. The van der Waals surface area contributed by atoms with E-state index in [1.54, 1.807) is 18.3 Å². The second-order valence-electron chi connectivity index (χ2n) is 11.5. The van der Waals surface area contributed by atoms with Gasteiger partial charge in [0.05, 0.1) is 26.9 Å². The minimum absolute atomic E-state index is 0.0283. The first kappa shape index (κ1) is 26.2. The molecule has 5 nitrogen and oxygen atoms in total. The minimum atomic E-state index is -0.698. The van der Waals surface area contributed by atoms with Crippen LogP contribution in [0.15, 0.2) is 48.5 Å². The van der Waals surface area contributed by atoms with Crippen molar-refractivity contribution in [1.29, 1.82) is 0 Å². The Morgan fingerprint density at radius 3 is 2.36 bits per heavy atom. The SMILES string of the molecule is CC(=O)[C@@H](OC(C)(C)C)c1c(C)cc2nc(-c3ccc4c(c3)nc(C)n4C3CC3)sc2c1-c1ccc(Cl)cc1. The highest BCUT2D eigenvalue weighted by atomic mass is 35.5. The molecular weight excluding hydrogens is 526 g/mol. The Morgan fingerprint density at radius 2 is 1.72 bits per heavy atom. The lowest BCUT2D eigenvalue weighted by Gasteiger charge is -2.29.